The minimum Gasteiger partial charge on any atom is -0.341 e. The van der Waals surface area contributed by atoms with Crippen LogP contribution in [0.3, 0.4) is 0 Å². The van der Waals surface area contributed by atoms with E-state index in [9.17, 15) is 5.26 Å². The van der Waals surface area contributed by atoms with E-state index in [2.05, 4.69) is 31.4 Å². The summed E-state index contributed by atoms with van der Waals surface area (Å²) >= 11 is 1.65. The Balaban J connectivity index is 1.89. The lowest BCUT2D eigenvalue weighted by Gasteiger charge is -2.35. The molecule has 138 valence electrons. The van der Waals surface area contributed by atoms with Gasteiger partial charge in [-0.15, -0.1) is 15.0 Å². The molecule has 26 heavy (non-hydrogen) atoms. The number of likely N-dealkylation sites (tertiary alicyclic amines) is 1. The summed E-state index contributed by atoms with van der Waals surface area (Å²) in [6.07, 6.45) is 11.3. The molecule has 0 spiro atoms. The first-order valence-electron chi connectivity index (χ1n) is 8.92. The van der Waals surface area contributed by atoms with Crippen LogP contribution in [0.4, 0.5) is 0 Å². The quantitative estimate of drug-likeness (QED) is 0.587. The number of hydrogen-bond acceptors (Lipinski definition) is 6. The van der Waals surface area contributed by atoms with E-state index < -0.39 is 5.41 Å². The maximum atomic E-state index is 9.53. The van der Waals surface area contributed by atoms with Crippen molar-refractivity contribution < 1.29 is 0 Å². The zero-order valence-electron chi connectivity index (χ0n) is 15.8. The number of nitriles is 1. The van der Waals surface area contributed by atoms with Crippen LogP contribution in [0.5, 0.6) is 0 Å². The van der Waals surface area contributed by atoms with Crippen molar-refractivity contribution in [3.63, 3.8) is 0 Å². The van der Waals surface area contributed by atoms with E-state index >= 15 is 0 Å². The number of aromatic nitrogens is 4. The van der Waals surface area contributed by atoms with Crippen LogP contribution in [0.1, 0.15) is 45.0 Å². The zero-order valence-corrected chi connectivity index (χ0v) is 16.6. The lowest BCUT2D eigenvalue weighted by atomic mass is 9.76. The first-order chi connectivity index (χ1) is 12.5. The number of nitrogens with zero attached hydrogens (tertiary/aromatic N) is 7. The van der Waals surface area contributed by atoms with Crippen LogP contribution in [0.25, 0.3) is 5.70 Å². The van der Waals surface area contributed by atoms with Crippen molar-refractivity contribution in [1.82, 2.24) is 25.1 Å². The molecule has 0 saturated carbocycles. The molecule has 0 N–H and O–H groups in total. The number of piperidine rings is 1. The minimum absolute atomic E-state index is 0.0955. The van der Waals surface area contributed by atoms with Gasteiger partial charge in [0.1, 0.15) is 0 Å². The van der Waals surface area contributed by atoms with Gasteiger partial charge in [0.05, 0.1) is 23.2 Å². The molecule has 7 nitrogen and oxygen atoms in total. The molecular formula is C18H25N7S. The van der Waals surface area contributed by atoms with Crippen molar-refractivity contribution in [1.29, 1.82) is 5.26 Å². The smallest absolute Gasteiger partial charge is 0.197 e. The van der Waals surface area contributed by atoms with Crippen molar-refractivity contribution in [3.8, 4) is 6.07 Å². The molecule has 0 radical (unpaired) electrons. The highest BCUT2D eigenvalue weighted by molar-refractivity contribution is 8.13. The van der Waals surface area contributed by atoms with Crippen molar-refractivity contribution in [2.75, 3.05) is 19.8 Å². The first kappa shape index (κ1) is 18.6. The molecule has 2 aliphatic rings. The second kappa shape index (κ2) is 7.62. The fraction of sp³-hybridized carbons (Fsp3) is 0.611. The topological polar surface area (TPSA) is 83.0 Å². The summed E-state index contributed by atoms with van der Waals surface area (Å²) in [5.74, 6) is 0.865. The maximum Gasteiger partial charge on any atom is 0.197 e. The predicted octanol–water partition coefficient (Wildman–Crippen LogP) is 3.13. The molecule has 1 aromatic rings. The Kier molecular flexibility index (Phi) is 5.47. The molecule has 1 aromatic heterocycles. The van der Waals surface area contributed by atoms with Gasteiger partial charge in [0.25, 0.3) is 0 Å². The van der Waals surface area contributed by atoms with E-state index in [-0.39, 0.29) is 12.0 Å². The lowest BCUT2D eigenvalue weighted by Crippen LogP contribution is -2.37. The Morgan fingerprint density at radius 3 is 2.96 bits per heavy atom. The summed E-state index contributed by atoms with van der Waals surface area (Å²) in [7, 11) is 1.82. The van der Waals surface area contributed by atoms with Gasteiger partial charge in [-0.1, -0.05) is 24.8 Å². The van der Waals surface area contributed by atoms with E-state index in [0.29, 0.717) is 5.82 Å². The number of allylic oxidation sites excluding steroid dienone is 4. The number of rotatable bonds is 2. The van der Waals surface area contributed by atoms with Crippen molar-refractivity contribution in [2.45, 2.75) is 39.2 Å². The number of hydrogen-bond donors (Lipinski definition) is 0. The fourth-order valence-electron chi connectivity index (χ4n) is 3.42. The molecule has 3 atom stereocenters. The molecule has 8 heteroatoms. The van der Waals surface area contributed by atoms with Crippen LogP contribution in [0.15, 0.2) is 23.2 Å². The number of aliphatic imine (C=N–C) groups is 1. The van der Waals surface area contributed by atoms with Crippen LogP contribution in [0.2, 0.25) is 0 Å². The van der Waals surface area contributed by atoms with Crippen molar-refractivity contribution in [2.24, 2.45) is 16.3 Å². The highest BCUT2D eigenvalue weighted by Crippen LogP contribution is 2.36. The normalized spacial score (nSPS) is 29.4. The molecule has 3 rings (SSSR count). The fourth-order valence-corrected chi connectivity index (χ4v) is 4.06. The summed E-state index contributed by atoms with van der Waals surface area (Å²) < 4.78 is 0. The highest BCUT2D eigenvalue weighted by Gasteiger charge is 2.33. The van der Waals surface area contributed by atoms with Gasteiger partial charge in [0.2, 0.25) is 0 Å². The zero-order chi connectivity index (χ0) is 18.7. The SMILES string of the molecule is CN=C(SC)N1CCCCC1c1nnn(C2=CC(C)(C#N)C(C)C=C2)n1. The molecule has 3 unspecified atom stereocenters. The Labute approximate surface area is 158 Å². The van der Waals surface area contributed by atoms with Gasteiger partial charge in [-0.25, -0.2) is 0 Å². The number of tetrazole rings is 1. The van der Waals surface area contributed by atoms with Gasteiger partial charge in [0.15, 0.2) is 11.0 Å². The van der Waals surface area contributed by atoms with Gasteiger partial charge in [-0.2, -0.15) is 5.26 Å². The standard InChI is InChI=1S/C18H25N7S/c1-13-8-9-14(11-18(13,2)12-19)25-22-16(21-23-25)15-7-5-6-10-24(15)17(20-3)26-4/h8-9,11,13,15H,5-7,10H2,1-4H3. The number of thioether (sulfide) groups is 1. The minimum atomic E-state index is -0.560. The van der Waals surface area contributed by atoms with E-state index in [1.165, 1.54) is 0 Å². The Morgan fingerprint density at radius 2 is 2.27 bits per heavy atom. The maximum absolute atomic E-state index is 9.53. The summed E-state index contributed by atoms with van der Waals surface area (Å²) in [5.41, 5.74) is 0.234. The third kappa shape index (κ3) is 3.40. The van der Waals surface area contributed by atoms with Gasteiger partial charge in [-0.05, 0) is 55.7 Å². The second-order valence-corrected chi connectivity index (χ2v) is 7.74. The Bertz CT molecular complexity index is 788. The average Bonchev–Trinajstić information content (AvgIpc) is 3.15. The molecule has 1 aliphatic carbocycles. The summed E-state index contributed by atoms with van der Waals surface area (Å²) in [5, 5.41) is 23.8. The largest absolute Gasteiger partial charge is 0.341 e. The van der Waals surface area contributed by atoms with Gasteiger partial charge < -0.3 is 4.90 Å². The highest BCUT2D eigenvalue weighted by atomic mass is 32.2. The summed E-state index contributed by atoms with van der Waals surface area (Å²) in [6.45, 7) is 4.94. The molecule has 1 saturated heterocycles. The molecule has 0 amide bonds. The van der Waals surface area contributed by atoms with E-state index in [4.69, 9.17) is 0 Å². The van der Waals surface area contributed by atoms with Crippen LogP contribution in [-0.4, -0.2) is 50.1 Å². The Morgan fingerprint density at radius 1 is 1.46 bits per heavy atom. The van der Waals surface area contributed by atoms with Crippen LogP contribution in [0, 0.1) is 22.7 Å². The molecule has 0 aromatic carbocycles. The monoisotopic (exact) mass is 371 g/mol. The van der Waals surface area contributed by atoms with Gasteiger partial charge in [0, 0.05) is 13.6 Å². The second-order valence-electron chi connectivity index (χ2n) is 6.96. The molecule has 2 heterocycles. The van der Waals surface area contributed by atoms with Crippen LogP contribution in [-0.2, 0) is 0 Å². The first-order valence-corrected chi connectivity index (χ1v) is 10.1. The molecule has 1 fully saturated rings. The summed E-state index contributed by atoms with van der Waals surface area (Å²) in [4.78, 5) is 8.23. The van der Waals surface area contributed by atoms with Crippen LogP contribution < -0.4 is 0 Å². The van der Waals surface area contributed by atoms with Crippen molar-refractivity contribution >= 4 is 22.6 Å². The predicted molar refractivity (Wildman–Crippen MR) is 104 cm³/mol. The average molecular weight is 372 g/mol. The van der Waals surface area contributed by atoms with Crippen LogP contribution >= 0.6 is 11.8 Å². The molecule has 1 aliphatic heterocycles. The van der Waals surface area contributed by atoms with Gasteiger partial charge >= 0.3 is 0 Å². The third-order valence-corrected chi connectivity index (χ3v) is 6.05. The van der Waals surface area contributed by atoms with E-state index in [1.54, 1.807) is 16.6 Å². The molecule has 0 bridgehead atoms. The third-order valence-electron chi connectivity index (χ3n) is 5.27. The lowest BCUT2D eigenvalue weighted by molar-refractivity contribution is 0.239. The van der Waals surface area contributed by atoms with E-state index in [0.717, 1.165) is 36.7 Å². The van der Waals surface area contributed by atoms with E-state index in [1.807, 2.05) is 45.4 Å². The Hall–Kier alpha value is -2.14. The molecular weight excluding hydrogens is 346 g/mol. The summed E-state index contributed by atoms with van der Waals surface area (Å²) in [6, 6.07) is 2.49. The van der Waals surface area contributed by atoms with Gasteiger partial charge in [-0.3, -0.25) is 4.99 Å². The van der Waals surface area contributed by atoms with Crippen molar-refractivity contribution in [3.05, 3.63) is 24.1 Å². The number of amidine groups is 1.